The Morgan fingerprint density at radius 1 is 1.07 bits per heavy atom. The Labute approximate surface area is 175 Å². The average molecular weight is 463 g/mol. The number of likely N-dealkylation sites (N-methyl/N-ethyl adjacent to an activating group) is 2. The normalized spacial score (nSPS) is 14.6. The Morgan fingerprint density at radius 3 is 2.29 bits per heavy atom. The summed E-state index contributed by atoms with van der Waals surface area (Å²) >= 11 is 8.49. The number of hydrogen-bond acceptors (Lipinski definition) is 4. The molecule has 5 nitrogen and oxygen atoms in total. The van der Waals surface area contributed by atoms with Crippen LogP contribution in [-0.4, -0.2) is 40.8 Å². The van der Waals surface area contributed by atoms with Gasteiger partial charge in [0.2, 0.25) is 0 Å². The number of benzene rings is 2. The van der Waals surface area contributed by atoms with Gasteiger partial charge in [-0.25, -0.2) is 4.39 Å². The molecule has 1 heterocycles. The molecule has 0 spiro atoms. The standard InChI is InChI=1S/C20H16BrFN2O3S/c1-23-18(25)16(19(26)24(2)20(23)28)10-13-9-14(21)5-8-17(13)27-11-12-3-6-15(22)7-4-12/h3-10H,11H2,1-2H3. The lowest BCUT2D eigenvalue weighted by Crippen LogP contribution is -2.52. The van der Waals surface area contributed by atoms with Crippen molar-refractivity contribution < 1.29 is 18.7 Å². The highest BCUT2D eigenvalue weighted by Crippen LogP contribution is 2.28. The zero-order valence-electron chi connectivity index (χ0n) is 15.1. The number of carbonyl (C=O) groups is 2. The Hall–Kier alpha value is -2.58. The number of hydrogen-bond donors (Lipinski definition) is 0. The molecule has 144 valence electrons. The van der Waals surface area contributed by atoms with Crippen LogP contribution < -0.4 is 4.74 Å². The molecule has 0 unspecified atom stereocenters. The molecule has 0 N–H and O–H groups in total. The highest BCUT2D eigenvalue weighted by molar-refractivity contribution is 9.10. The minimum absolute atomic E-state index is 0.0108. The van der Waals surface area contributed by atoms with E-state index in [4.69, 9.17) is 17.0 Å². The van der Waals surface area contributed by atoms with Crippen molar-refractivity contribution in [3.8, 4) is 5.75 Å². The summed E-state index contributed by atoms with van der Waals surface area (Å²) in [4.78, 5) is 27.6. The van der Waals surface area contributed by atoms with Gasteiger partial charge < -0.3 is 4.74 Å². The molecule has 2 amide bonds. The summed E-state index contributed by atoms with van der Waals surface area (Å²) in [5.41, 5.74) is 1.34. The molecule has 3 rings (SSSR count). The van der Waals surface area contributed by atoms with E-state index in [1.807, 2.05) is 0 Å². The lowest BCUT2D eigenvalue weighted by molar-refractivity contribution is -0.132. The monoisotopic (exact) mass is 462 g/mol. The Bertz CT molecular complexity index is 965. The van der Waals surface area contributed by atoms with Crippen LogP contribution in [0.3, 0.4) is 0 Å². The number of thiocarbonyl (C=S) groups is 1. The summed E-state index contributed by atoms with van der Waals surface area (Å²) in [6.07, 6.45) is 1.49. The van der Waals surface area contributed by atoms with Gasteiger partial charge in [-0.3, -0.25) is 19.4 Å². The first-order valence-corrected chi connectivity index (χ1v) is 9.46. The molecule has 1 fully saturated rings. The Morgan fingerprint density at radius 2 is 1.68 bits per heavy atom. The molecule has 0 bridgehead atoms. The topological polar surface area (TPSA) is 49.9 Å². The molecule has 0 saturated carbocycles. The highest BCUT2D eigenvalue weighted by Gasteiger charge is 2.35. The fraction of sp³-hybridized carbons (Fsp3) is 0.150. The van der Waals surface area contributed by atoms with Crippen molar-refractivity contribution in [1.29, 1.82) is 0 Å². The van der Waals surface area contributed by atoms with Crippen LogP contribution in [-0.2, 0) is 16.2 Å². The van der Waals surface area contributed by atoms with E-state index in [-0.39, 0.29) is 23.1 Å². The largest absolute Gasteiger partial charge is 0.488 e. The van der Waals surface area contributed by atoms with Crippen molar-refractivity contribution in [2.45, 2.75) is 6.61 Å². The first-order valence-electron chi connectivity index (χ1n) is 8.26. The van der Waals surface area contributed by atoms with E-state index >= 15 is 0 Å². The third kappa shape index (κ3) is 4.13. The predicted octanol–water partition coefficient (Wildman–Crippen LogP) is 3.77. The van der Waals surface area contributed by atoms with E-state index in [0.29, 0.717) is 11.3 Å². The molecule has 1 aliphatic rings. The molecule has 0 aliphatic carbocycles. The second-order valence-electron chi connectivity index (χ2n) is 6.17. The summed E-state index contributed by atoms with van der Waals surface area (Å²) in [5, 5.41) is 0.147. The summed E-state index contributed by atoms with van der Waals surface area (Å²) in [6, 6.07) is 11.3. The molecule has 8 heteroatoms. The van der Waals surface area contributed by atoms with Crippen LogP contribution in [0.1, 0.15) is 11.1 Å². The first-order chi connectivity index (χ1) is 13.3. The van der Waals surface area contributed by atoms with Crippen molar-refractivity contribution >= 4 is 51.2 Å². The summed E-state index contributed by atoms with van der Waals surface area (Å²) < 4.78 is 19.7. The van der Waals surface area contributed by atoms with E-state index in [1.165, 1.54) is 42.1 Å². The van der Waals surface area contributed by atoms with Gasteiger partial charge in [-0.15, -0.1) is 0 Å². The minimum Gasteiger partial charge on any atom is -0.488 e. The number of carbonyl (C=O) groups excluding carboxylic acids is 2. The minimum atomic E-state index is -0.474. The van der Waals surface area contributed by atoms with Crippen molar-refractivity contribution in [1.82, 2.24) is 9.80 Å². The van der Waals surface area contributed by atoms with Crippen molar-refractivity contribution in [2.75, 3.05) is 14.1 Å². The molecule has 1 aliphatic heterocycles. The highest BCUT2D eigenvalue weighted by atomic mass is 79.9. The van der Waals surface area contributed by atoms with Gasteiger partial charge in [0.1, 0.15) is 23.7 Å². The number of ether oxygens (including phenoxy) is 1. The van der Waals surface area contributed by atoms with E-state index in [0.717, 1.165) is 10.0 Å². The Balaban J connectivity index is 1.93. The van der Waals surface area contributed by atoms with Gasteiger partial charge in [0.25, 0.3) is 11.8 Å². The maximum atomic E-state index is 13.0. The molecule has 0 atom stereocenters. The lowest BCUT2D eigenvalue weighted by Gasteiger charge is -2.31. The third-order valence-corrected chi connectivity index (χ3v) is 5.26. The van der Waals surface area contributed by atoms with Gasteiger partial charge in [-0.2, -0.15) is 0 Å². The maximum absolute atomic E-state index is 13.0. The molecule has 28 heavy (non-hydrogen) atoms. The van der Waals surface area contributed by atoms with Crippen molar-refractivity contribution in [3.63, 3.8) is 0 Å². The van der Waals surface area contributed by atoms with Crippen LogP contribution >= 0.6 is 28.1 Å². The SMILES string of the molecule is CN1C(=O)C(=Cc2cc(Br)ccc2OCc2ccc(F)cc2)C(=O)N(C)C1=S. The van der Waals surface area contributed by atoms with Gasteiger partial charge in [0.15, 0.2) is 5.11 Å². The molecular formula is C20H16BrFN2O3S. The van der Waals surface area contributed by atoms with Gasteiger partial charge in [-0.1, -0.05) is 28.1 Å². The van der Waals surface area contributed by atoms with Gasteiger partial charge >= 0.3 is 0 Å². The van der Waals surface area contributed by atoms with Crippen LogP contribution in [0.25, 0.3) is 6.08 Å². The zero-order chi connectivity index (χ0) is 20.4. The molecular weight excluding hydrogens is 447 g/mol. The Kier molecular flexibility index (Phi) is 5.90. The summed E-state index contributed by atoms with van der Waals surface area (Å²) in [6.45, 7) is 0.212. The quantitative estimate of drug-likeness (QED) is 0.394. The zero-order valence-corrected chi connectivity index (χ0v) is 17.5. The van der Waals surface area contributed by atoms with Gasteiger partial charge in [-0.05, 0) is 54.2 Å². The molecule has 0 radical (unpaired) electrons. The fourth-order valence-corrected chi connectivity index (χ4v) is 3.18. The number of nitrogens with zero attached hydrogens (tertiary/aromatic N) is 2. The van der Waals surface area contributed by atoms with E-state index < -0.39 is 11.8 Å². The van der Waals surface area contributed by atoms with Crippen molar-refractivity contribution in [2.24, 2.45) is 0 Å². The van der Waals surface area contributed by atoms with Crippen molar-refractivity contribution in [3.05, 3.63) is 69.5 Å². The average Bonchev–Trinajstić information content (AvgIpc) is 2.69. The first kappa shape index (κ1) is 20.2. The van der Waals surface area contributed by atoms with Crippen LogP contribution in [0, 0.1) is 5.82 Å². The van der Waals surface area contributed by atoms with Gasteiger partial charge in [0.05, 0.1) is 0 Å². The van der Waals surface area contributed by atoms with Crippen LogP contribution in [0.5, 0.6) is 5.75 Å². The van der Waals surface area contributed by atoms with Crippen LogP contribution in [0.4, 0.5) is 4.39 Å². The van der Waals surface area contributed by atoms with E-state index in [1.54, 1.807) is 30.3 Å². The van der Waals surface area contributed by atoms with E-state index in [2.05, 4.69) is 15.9 Å². The number of amides is 2. The maximum Gasteiger partial charge on any atom is 0.265 e. The molecule has 1 saturated heterocycles. The molecule has 2 aromatic rings. The lowest BCUT2D eigenvalue weighted by atomic mass is 10.1. The van der Waals surface area contributed by atoms with Crippen LogP contribution in [0.15, 0.2) is 52.5 Å². The molecule has 2 aromatic carbocycles. The van der Waals surface area contributed by atoms with Gasteiger partial charge in [0, 0.05) is 24.1 Å². The van der Waals surface area contributed by atoms with Crippen LogP contribution in [0.2, 0.25) is 0 Å². The second kappa shape index (κ2) is 8.20. The smallest absolute Gasteiger partial charge is 0.265 e. The number of halogens is 2. The number of rotatable bonds is 4. The third-order valence-electron chi connectivity index (χ3n) is 4.22. The predicted molar refractivity (Wildman–Crippen MR) is 111 cm³/mol. The second-order valence-corrected chi connectivity index (χ2v) is 7.45. The summed E-state index contributed by atoms with van der Waals surface area (Å²) in [5.74, 6) is -0.785. The fourth-order valence-electron chi connectivity index (χ4n) is 2.64. The summed E-state index contributed by atoms with van der Waals surface area (Å²) in [7, 11) is 3.04. The molecule has 0 aromatic heterocycles. The van der Waals surface area contributed by atoms with E-state index in [9.17, 15) is 14.0 Å².